The van der Waals surface area contributed by atoms with Gasteiger partial charge < -0.3 is 4.74 Å². The van der Waals surface area contributed by atoms with Crippen molar-refractivity contribution in [1.82, 2.24) is 0 Å². The lowest BCUT2D eigenvalue weighted by Crippen LogP contribution is -2.66. The lowest BCUT2D eigenvalue weighted by molar-refractivity contribution is -0.267. The van der Waals surface area contributed by atoms with E-state index < -0.39 is 11.8 Å². The summed E-state index contributed by atoms with van der Waals surface area (Å²) in [6.45, 7) is 13.1. The van der Waals surface area contributed by atoms with Crippen LogP contribution in [0.2, 0.25) is 0 Å². The van der Waals surface area contributed by atoms with Crippen LogP contribution in [0.1, 0.15) is 99.3 Å². The van der Waals surface area contributed by atoms with Crippen LogP contribution in [0.5, 0.6) is 0 Å². The van der Waals surface area contributed by atoms with E-state index in [4.69, 9.17) is 4.74 Å². The van der Waals surface area contributed by atoms with Gasteiger partial charge in [0.2, 0.25) is 0 Å². The van der Waals surface area contributed by atoms with E-state index in [1.54, 1.807) is 0 Å². The average Bonchev–Trinajstić information content (AvgIpc) is 2.58. The zero-order valence-corrected chi connectivity index (χ0v) is 19.2. The van der Waals surface area contributed by atoms with Crippen molar-refractivity contribution < 1.29 is 18.3 Å². The molecule has 4 saturated carbocycles. The smallest absolute Gasteiger partial charge is 0.302 e. The number of carbonyl (C=O) groups excluding carboxylic acids is 1. The topological polar surface area (TPSA) is 26.3 Å². The molecule has 4 aliphatic carbocycles. The number of ether oxygens (including phenoxy) is 1. The van der Waals surface area contributed by atoms with Gasteiger partial charge in [-0.25, -0.2) is 8.78 Å². The van der Waals surface area contributed by atoms with Crippen LogP contribution < -0.4 is 0 Å². The minimum absolute atomic E-state index is 0.0324. The molecule has 0 N–H and O–H groups in total. The maximum absolute atomic E-state index is 15.0. The lowest BCUT2D eigenvalue weighted by Gasteiger charge is -2.71. The highest BCUT2D eigenvalue weighted by atomic mass is 19.3. The first-order valence-corrected chi connectivity index (χ1v) is 11.8. The van der Waals surface area contributed by atoms with Crippen molar-refractivity contribution in [2.24, 2.45) is 39.4 Å². The zero-order chi connectivity index (χ0) is 21.5. The summed E-state index contributed by atoms with van der Waals surface area (Å²) in [4.78, 5) is 11.7. The van der Waals surface area contributed by atoms with Gasteiger partial charge in [0.15, 0.2) is 0 Å². The van der Waals surface area contributed by atoms with E-state index in [9.17, 15) is 13.6 Å². The van der Waals surface area contributed by atoms with Gasteiger partial charge >= 0.3 is 5.97 Å². The maximum atomic E-state index is 15.0. The van der Waals surface area contributed by atoms with Crippen LogP contribution in [0, 0.1) is 39.4 Å². The summed E-state index contributed by atoms with van der Waals surface area (Å²) in [6, 6.07) is 0. The number of halogens is 2. The Morgan fingerprint density at radius 2 is 1.41 bits per heavy atom. The summed E-state index contributed by atoms with van der Waals surface area (Å²) in [6.07, 6.45) is 7.24. The summed E-state index contributed by atoms with van der Waals surface area (Å²) in [5, 5.41) is 0. The van der Waals surface area contributed by atoms with E-state index in [-0.39, 0.29) is 40.2 Å². The molecular formula is C25H40F2O2. The minimum atomic E-state index is -2.51. The molecule has 0 radical (unpaired) electrons. The van der Waals surface area contributed by atoms with Gasteiger partial charge in [-0.3, -0.25) is 4.79 Å². The van der Waals surface area contributed by atoms with E-state index in [0.717, 1.165) is 38.5 Å². The standard InChI is InChI=1S/C25H40F2O2/c1-16(28)29-20-11-14-22(4)17(21(20,2)3)10-15-24(6)18(22)8-9-19-23(24,5)12-7-13-25(19,26)27/h17-20H,7-15H2,1-6H3/t17-,18+,19-,20-,22-,23+,24+/m0/s1. The molecule has 166 valence electrons. The Morgan fingerprint density at radius 1 is 0.793 bits per heavy atom. The summed E-state index contributed by atoms with van der Waals surface area (Å²) in [5.41, 5.74) is -0.250. The molecule has 7 atom stereocenters. The molecule has 4 fully saturated rings. The second kappa shape index (κ2) is 6.42. The monoisotopic (exact) mass is 410 g/mol. The molecule has 0 amide bonds. The van der Waals surface area contributed by atoms with Crippen LogP contribution in [0.15, 0.2) is 0 Å². The van der Waals surface area contributed by atoms with E-state index in [1.807, 2.05) is 0 Å². The van der Waals surface area contributed by atoms with Crippen molar-refractivity contribution in [3.63, 3.8) is 0 Å². The summed E-state index contributed by atoms with van der Waals surface area (Å²) < 4.78 is 35.7. The van der Waals surface area contributed by atoms with Crippen molar-refractivity contribution in [2.75, 3.05) is 0 Å². The van der Waals surface area contributed by atoms with Gasteiger partial charge in [-0.1, -0.05) is 34.6 Å². The quantitative estimate of drug-likeness (QED) is 0.435. The van der Waals surface area contributed by atoms with Gasteiger partial charge in [-0.2, -0.15) is 0 Å². The third-order valence-corrected chi connectivity index (χ3v) is 10.8. The van der Waals surface area contributed by atoms with Crippen LogP contribution >= 0.6 is 0 Å². The van der Waals surface area contributed by atoms with Crippen LogP contribution in [0.4, 0.5) is 8.78 Å². The average molecular weight is 411 g/mol. The number of hydrogen-bond acceptors (Lipinski definition) is 2. The molecule has 0 saturated heterocycles. The van der Waals surface area contributed by atoms with E-state index in [2.05, 4.69) is 34.6 Å². The first-order chi connectivity index (χ1) is 13.3. The summed E-state index contributed by atoms with van der Waals surface area (Å²) in [7, 11) is 0. The maximum Gasteiger partial charge on any atom is 0.302 e. The van der Waals surface area contributed by atoms with Gasteiger partial charge in [-0.05, 0) is 79.4 Å². The molecule has 0 spiro atoms. The second-order valence-corrected chi connectivity index (χ2v) is 12.2. The Bertz CT molecular complexity index is 688. The van der Waals surface area contributed by atoms with Gasteiger partial charge in [0.25, 0.3) is 5.92 Å². The fourth-order valence-electron chi connectivity index (χ4n) is 9.32. The molecule has 0 bridgehead atoms. The van der Waals surface area contributed by atoms with Crippen LogP contribution in [-0.4, -0.2) is 18.0 Å². The van der Waals surface area contributed by atoms with Crippen molar-refractivity contribution in [3.05, 3.63) is 0 Å². The summed E-state index contributed by atoms with van der Waals surface area (Å²) in [5.74, 6) is -2.22. The van der Waals surface area contributed by atoms with E-state index in [1.165, 1.54) is 6.92 Å². The van der Waals surface area contributed by atoms with Crippen LogP contribution in [0.25, 0.3) is 0 Å². The van der Waals surface area contributed by atoms with Crippen molar-refractivity contribution in [2.45, 2.75) is 111 Å². The minimum Gasteiger partial charge on any atom is -0.462 e. The molecule has 0 aliphatic heterocycles. The van der Waals surface area contributed by atoms with Crippen molar-refractivity contribution in [3.8, 4) is 0 Å². The normalized spacial score (nSPS) is 50.6. The molecule has 0 unspecified atom stereocenters. The molecule has 4 rings (SSSR count). The zero-order valence-electron chi connectivity index (χ0n) is 19.2. The molecule has 0 aromatic rings. The second-order valence-electron chi connectivity index (χ2n) is 12.2. The SMILES string of the molecule is CC(=O)O[C@H]1CC[C@]2(C)[C@H]3CC[C@@H]4C(F)(F)CCC[C@@]4(C)[C@]3(C)CC[C@H]2C1(C)C. The third-order valence-electron chi connectivity index (χ3n) is 10.8. The molecule has 0 heterocycles. The third kappa shape index (κ3) is 2.79. The van der Waals surface area contributed by atoms with Crippen LogP contribution in [0.3, 0.4) is 0 Å². The molecule has 29 heavy (non-hydrogen) atoms. The molecule has 4 aliphatic rings. The Balaban J connectivity index is 1.70. The largest absolute Gasteiger partial charge is 0.462 e. The van der Waals surface area contributed by atoms with Gasteiger partial charge in [-0.15, -0.1) is 0 Å². The fourth-order valence-corrected chi connectivity index (χ4v) is 9.32. The summed E-state index contributed by atoms with van der Waals surface area (Å²) >= 11 is 0. The Morgan fingerprint density at radius 3 is 2.07 bits per heavy atom. The fraction of sp³-hybridized carbons (Fsp3) is 0.960. The van der Waals surface area contributed by atoms with Crippen molar-refractivity contribution in [1.29, 1.82) is 0 Å². The number of alkyl halides is 2. The Hall–Kier alpha value is -0.670. The van der Waals surface area contributed by atoms with E-state index in [0.29, 0.717) is 24.7 Å². The molecular weight excluding hydrogens is 370 g/mol. The molecule has 4 heteroatoms. The highest BCUT2D eigenvalue weighted by Crippen LogP contribution is 2.75. The Kier molecular flexibility index (Phi) is 4.77. The van der Waals surface area contributed by atoms with Gasteiger partial charge in [0.1, 0.15) is 6.10 Å². The predicted molar refractivity (Wildman–Crippen MR) is 111 cm³/mol. The first kappa shape index (κ1) is 21.6. The lowest BCUT2D eigenvalue weighted by atomic mass is 9.34. The van der Waals surface area contributed by atoms with Gasteiger partial charge in [0, 0.05) is 24.7 Å². The highest BCUT2D eigenvalue weighted by molar-refractivity contribution is 5.66. The molecule has 0 aromatic heterocycles. The number of carbonyl (C=O) groups is 1. The van der Waals surface area contributed by atoms with Crippen molar-refractivity contribution >= 4 is 5.97 Å². The highest BCUT2D eigenvalue weighted by Gasteiger charge is 2.70. The first-order valence-electron chi connectivity index (χ1n) is 11.8. The van der Waals surface area contributed by atoms with E-state index >= 15 is 0 Å². The predicted octanol–water partition coefficient (Wildman–Crippen LogP) is 7.01. The molecule has 2 nitrogen and oxygen atoms in total. The molecule has 0 aromatic carbocycles. The van der Waals surface area contributed by atoms with Crippen LogP contribution in [-0.2, 0) is 9.53 Å². The Labute approximate surface area is 175 Å². The number of hydrogen-bond donors (Lipinski definition) is 0. The number of esters is 1. The number of fused-ring (bicyclic) bond motifs is 5. The van der Waals surface area contributed by atoms with Gasteiger partial charge in [0.05, 0.1) is 0 Å². The number of rotatable bonds is 1.